The largest absolute Gasteiger partial charge is 0.291 e. The maximum absolute atomic E-state index is 5.24. The van der Waals surface area contributed by atoms with Crippen molar-refractivity contribution in [2.75, 3.05) is 0 Å². The molecule has 8 aromatic rings. The Balaban J connectivity index is 1.70. The molecule has 0 spiro atoms. The minimum absolute atomic E-state index is 0.0512. The molecule has 0 aliphatic rings. The first kappa shape index (κ1) is 25.5. The summed E-state index contributed by atoms with van der Waals surface area (Å²) in [6, 6.07) is 48.2. The van der Waals surface area contributed by atoms with Crippen LogP contribution in [0, 0.1) is 0 Å². The van der Waals surface area contributed by atoms with Crippen LogP contribution in [0.2, 0.25) is 0 Å². The van der Waals surface area contributed by atoms with E-state index in [9.17, 15) is 0 Å². The van der Waals surface area contributed by atoms with Gasteiger partial charge < -0.3 is 0 Å². The molecule has 0 fully saturated rings. The zero-order chi connectivity index (χ0) is 29.1. The van der Waals surface area contributed by atoms with Crippen LogP contribution in [-0.2, 0) is 5.41 Å². The summed E-state index contributed by atoms with van der Waals surface area (Å²) in [4.78, 5) is 5.24. The van der Waals surface area contributed by atoms with Gasteiger partial charge in [0.2, 0.25) is 0 Å². The first-order chi connectivity index (χ1) is 21.0. The van der Waals surface area contributed by atoms with Crippen molar-refractivity contribution < 1.29 is 0 Å². The molecule has 0 saturated carbocycles. The van der Waals surface area contributed by atoms with E-state index in [0.717, 1.165) is 16.7 Å². The fraction of sp³-hybridized carbons (Fsp3) is 0.0976. The van der Waals surface area contributed by atoms with Crippen molar-refractivity contribution in [3.63, 3.8) is 0 Å². The minimum atomic E-state index is -0.0512. The molecule has 0 N–H and O–H groups in total. The summed E-state index contributed by atoms with van der Waals surface area (Å²) in [6.07, 6.45) is 2.09. The van der Waals surface area contributed by atoms with Crippen molar-refractivity contribution in [3.05, 3.63) is 145 Å². The molecule has 8 rings (SSSR count). The topological polar surface area (TPSA) is 17.3 Å². The van der Waals surface area contributed by atoms with E-state index in [1.165, 1.54) is 60.8 Å². The van der Waals surface area contributed by atoms with Crippen molar-refractivity contribution in [1.29, 1.82) is 0 Å². The Kier molecular flexibility index (Phi) is 5.74. The van der Waals surface area contributed by atoms with Gasteiger partial charge in [-0.2, -0.15) is 0 Å². The van der Waals surface area contributed by atoms with Gasteiger partial charge in [0.25, 0.3) is 0 Å². The molecule has 5 aromatic carbocycles. The molecule has 0 aliphatic carbocycles. The number of nitrogens with zero attached hydrogens (tertiary/aromatic N) is 2. The standard InChI is InChI=1S/C41H32N2/c1-41(2,3)31-24-32-35(27-16-8-4-9-17-27)37(29-20-12-6-13-21-29)34-26-42-40-38(30-22-14-7-15-23-30)36(28-18-10-5-11-19-28)33(25-31)39(32)43(34)40/h4-26H,1-3H3. The van der Waals surface area contributed by atoms with Gasteiger partial charge >= 0.3 is 0 Å². The SMILES string of the molecule is CC(C)(C)c1cc2c(-c3ccccc3)c(-c3ccccc3)c3cnc4c(-c5ccccc5)c(-c5ccccc5)c(c1)c2n34. The van der Waals surface area contributed by atoms with Gasteiger partial charge in [-0.05, 0) is 45.4 Å². The highest BCUT2D eigenvalue weighted by molar-refractivity contribution is 6.20. The highest BCUT2D eigenvalue weighted by atomic mass is 15.0. The lowest BCUT2D eigenvalue weighted by atomic mass is 9.81. The number of hydrogen-bond donors (Lipinski definition) is 0. The summed E-state index contributed by atoms with van der Waals surface area (Å²) in [5, 5.41) is 2.50. The quantitative estimate of drug-likeness (QED) is 0.212. The van der Waals surface area contributed by atoms with Gasteiger partial charge in [0.05, 0.1) is 17.2 Å². The number of aromatic nitrogens is 2. The second kappa shape index (κ2) is 9.68. The molecule has 2 nitrogen and oxygen atoms in total. The van der Waals surface area contributed by atoms with Crippen LogP contribution in [0.25, 0.3) is 72.0 Å². The van der Waals surface area contributed by atoms with E-state index in [4.69, 9.17) is 4.98 Å². The van der Waals surface area contributed by atoms with Crippen LogP contribution in [0.4, 0.5) is 0 Å². The second-order valence-corrected chi connectivity index (χ2v) is 12.4. The number of benzene rings is 5. The number of pyridine rings is 2. The smallest absolute Gasteiger partial charge is 0.146 e. The third kappa shape index (κ3) is 3.98. The third-order valence-corrected chi connectivity index (χ3v) is 8.73. The molecule has 0 bridgehead atoms. The minimum Gasteiger partial charge on any atom is -0.291 e. The normalized spacial score (nSPS) is 12.1. The van der Waals surface area contributed by atoms with Gasteiger partial charge in [-0.1, -0.05) is 142 Å². The van der Waals surface area contributed by atoms with Crippen LogP contribution >= 0.6 is 0 Å². The van der Waals surface area contributed by atoms with Gasteiger partial charge in [-0.25, -0.2) is 4.98 Å². The van der Waals surface area contributed by atoms with Gasteiger partial charge in [0.1, 0.15) is 5.65 Å². The Hall–Kier alpha value is -5.21. The lowest BCUT2D eigenvalue weighted by Crippen LogP contribution is -2.12. The molecular formula is C41H32N2. The zero-order valence-corrected chi connectivity index (χ0v) is 24.7. The van der Waals surface area contributed by atoms with E-state index in [2.05, 4.69) is 165 Å². The molecule has 206 valence electrons. The lowest BCUT2D eigenvalue weighted by Gasteiger charge is -2.26. The van der Waals surface area contributed by atoms with Crippen LogP contribution < -0.4 is 0 Å². The summed E-state index contributed by atoms with van der Waals surface area (Å²) in [6.45, 7) is 6.94. The number of imidazole rings is 1. The first-order valence-electron chi connectivity index (χ1n) is 15.0. The van der Waals surface area contributed by atoms with E-state index >= 15 is 0 Å². The van der Waals surface area contributed by atoms with Crippen LogP contribution in [-0.4, -0.2) is 9.38 Å². The predicted octanol–water partition coefficient (Wildman–Crippen LogP) is 11.0. The second-order valence-electron chi connectivity index (χ2n) is 12.4. The molecule has 3 aromatic heterocycles. The highest BCUT2D eigenvalue weighted by Crippen LogP contribution is 2.50. The fourth-order valence-corrected chi connectivity index (χ4v) is 6.71. The average Bonchev–Trinajstić information content (AvgIpc) is 3.49. The summed E-state index contributed by atoms with van der Waals surface area (Å²) in [7, 11) is 0. The van der Waals surface area contributed by atoms with Crippen molar-refractivity contribution in [2.24, 2.45) is 0 Å². The Labute approximate surface area is 252 Å². The summed E-state index contributed by atoms with van der Waals surface area (Å²) in [5.74, 6) is 0. The Morgan fingerprint density at radius 3 is 1.33 bits per heavy atom. The maximum atomic E-state index is 5.24. The molecule has 0 radical (unpaired) electrons. The average molecular weight is 553 g/mol. The molecule has 2 heteroatoms. The summed E-state index contributed by atoms with van der Waals surface area (Å²) in [5.41, 5.74) is 14.2. The molecular weight excluding hydrogens is 520 g/mol. The highest BCUT2D eigenvalue weighted by Gasteiger charge is 2.28. The third-order valence-electron chi connectivity index (χ3n) is 8.73. The fourth-order valence-electron chi connectivity index (χ4n) is 6.71. The van der Waals surface area contributed by atoms with Crippen molar-refractivity contribution in [1.82, 2.24) is 9.38 Å². The Morgan fingerprint density at radius 1 is 0.488 bits per heavy atom. The zero-order valence-electron chi connectivity index (χ0n) is 24.7. The van der Waals surface area contributed by atoms with E-state index in [1.54, 1.807) is 0 Å². The molecule has 0 atom stereocenters. The molecule has 3 heterocycles. The van der Waals surface area contributed by atoms with E-state index < -0.39 is 0 Å². The van der Waals surface area contributed by atoms with Gasteiger partial charge in [0.15, 0.2) is 0 Å². The molecule has 43 heavy (non-hydrogen) atoms. The maximum Gasteiger partial charge on any atom is 0.146 e. The van der Waals surface area contributed by atoms with Gasteiger partial charge in [0, 0.05) is 33.0 Å². The van der Waals surface area contributed by atoms with Crippen molar-refractivity contribution >= 4 is 27.5 Å². The van der Waals surface area contributed by atoms with E-state index in [0.29, 0.717) is 0 Å². The molecule has 0 aliphatic heterocycles. The van der Waals surface area contributed by atoms with Crippen LogP contribution in [0.1, 0.15) is 26.3 Å². The Morgan fingerprint density at radius 2 is 0.884 bits per heavy atom. The lowest BCUT2D eigenvalue weighted by molar-refractivity contribution is 0.591. The van der Waals surface area contributed by atoms with E-state index in [1.807, 2.05) is 0 Å². The predicted molar refractivity (Wildman–Crippen MR) is 182 cm³/mol. The van der Waals surface area contributed by atoms with Crippen molar-refractivity contribution in [3.8, 4) is 44.5 Å². The summed E-state index contributed by atoms with van der Waals surface area (Å²) < 4.78 is 2.43. The first-order valence-corrected chi connectivity index (χ1v) is 15.0. The summed E-state index contributed by atoms with van der Waals surface area (Å²) >= 11 is 0. The van der Waals surface area contributed by atoms with Gasteiger partial charge in [-0.3, -0.25) is 4.40 Å². The molecule has 0 saturated heterocycles. The van der Waals surface area contributed by atoms with Crippen LogP contribution in [0.15, 0.2) is 140 Å². The Bertz CT molecular complexity index is 2070. The molecule has 0 unspecified atom stereocenters. The number of rotatable bonds is 4. The van der Waals surface area contributed by atoms with Crippen LogP contribution in [0.5, 0.6) is 0 Å². The van der Waals surface area contributed by atoms with Gasteiger partial charge in [-0.15, -0.1) is 0 Å². The monoisotopic (exact) mass is 552 g/mol. The number of hydrogen-bond acceptors (Lipinski definition) is 1. The van der Waals surface area contributed by atoms with Crippen molar-refractivity contribution in [2.45, 2.75) is 26.2 Å². The molecule has 0 amide bonds. The van der Waals surface area contributed by atoms with E-state index in [-0.39, 0.29) is 5.41 Å². The van der Waals surface area contributed by atoms with Crippen LogP contribution in [0.3, 0.4) is 0 Å².